The molecule has 1 fully saturated rings. The van der Waals surface area contributed by atoms with Crippen molar-refractivity contribution in [1.82, 2.24) is 4.98 Å². The molecule has 1 amide bonds. The van der Waals surface area contributed by atoms with E-state index in [2.05, 4.69) is 4.98 Å². The van der Waals surface area contributed by atoms with E-state index < -0.39 is 48.8 Å². The van der Waals surface area contributed by atoms with E-state index in [4.69, 9.17) is 26.8 Å². The molecule has 27 heavy (non-hydrogen) atoms. The number of rotatable bonds is 6. The van der Waals surface area contributed by atoms with E-state index >= 15 is 0 Å². The molecule has 2 aromatic rings. The lowest BCUT2D eigenvalue weighted by Crippen LogP contribution is -2.19. The van der Waals surface area contributed by atoms with Gasteiger partial charge in [0.15, 0.2) is 27.2 Å². The summed E-state index contributed by atoms with van der Waals surface area (Å²) in [7, 11) is -2.95. The van der Waals surface area contributed by atoms with Gasteiger partial charge in [-0.3, -0.25) is 4.79 Å². The average Bonchev–Trinajstić information content (AvgIpc) is 3.43. The van der Waals surface area contributed by atoms with E-state index in [1.807, 2.05) is 0 Å². The molecular formula is C16H13ClF2N2O5S. The fourth-order valence-electron chi connectivity index (χ4n) is 2.39. The number of primary amides is 1. The molecule has 1 heterocycles. The number of carbonyl (C=O) groups is 1. The first-order valence-corrected chi connectivity index (χ1v) is 9.52. The van der Waals surface area contributed by atoms with Gasteiger partial charge in [-0.05, 0) is 18.9 Å². The normalized spacial score (nSPS) is 14.1. The van der Waals surface area contributed by atoms with Gasteiger partial charge in [-0.15, -0.1) is 0 Å². The van der Waals surface area contributed by atoms with Crippen LogP contribution >= 0.6 is 11.6 Å². The summed E-state index contributed by atoms with van der Waals surface area (Å²) in [5.74, 6) is -5.02. The number of sulfone groups is 1. The Morgan fingerprint density at radius 3 is 2.52 bits per heavy atom. The van der Waals surface area contributed by atoms with Crippen LogP contribution in [0.15, 0.2) is 23.2 Å². The minimum atomic E-state index is -4.27. The molecule has 1 aromatic carbocycles. The standard InChI is InChI=1S/C16H13ClF2N2O5S/c1-25-16-10(17)4-7(6-21-16)26-13-11(18)5-9(15(20)22)12(19)14(13)27(23,24)8-2-3-8/h4-6,8H,2-3H2,1H3,(H2,20,22). The summed E-state index contributed by atoms with van der Waals surface area (Å²) >= 11 is 5.91. The molecule has 1 saturated carbocycles. The van der Waals surface area contributed by atoms with Crippen LogP contribution < -0.4 is 15.2 Å². The van der Waals surface area contributed by atoms with Crippen LogP contribution in [0.3, 0.4) is 0 Å². The van der Waals surface area contributed by atoms with Crippen molar-refractivity contribution in [2.45, 2.75) is 23.0 Å². The molecule has 0 aliphatic heterocycles. The van der Waals surface area contributed by atoms with E-state index in [1.54, 1.807) is 0 Å². The fraction of sp³-hybridized carbons (Fsp3) is 0.250. The predicted octanol–water partition coefficient (Wildman–Crippen LogP) is 2.85. The molecule has 3 rings (SSSR count). The maximum absolute atomic E-state index is 14.8. The number of pyridine rings is 1. The molecule has 0 radical (unpaired) electrons. The Hall–Kier alpha value is -2.46. The zero-order valence-electron chi connectivity index (χ0n) is 13.8. The number of amides is 1. The third-order valence-corrected chi connectivity index (χ3v) is 6.39. The molecule has 11 heteroatoms. The molecule has 2 N–H and O–H groups in total. The first-order chi connectivity index (χ1) is 12.7. The predicted molar refractivity (Wildman–Crippen MR) is 91.0 cm³/mol. The number of carbonyl (C=O) groups excluding carboxylic acids is 1. The summed E-state index contributed by atoms with van der Waals surface area (Å²) in [6.07, 6.45) is 1.68. The first-order valence-electron chi connectivity index (χ1n) is 7.60. The minimum absolute atomic E-state index is 0.0104. The highest BCUT2D eigenvalue weighted by Crippen LogP contribution is 2.42. The molecule has 0 bridgehead atoms. The van der Waals surface area contributed by atoms with Gasteiger partial charge >= 0.3 is 0 Å². The van der Waals surface area contributed by atoms with Crippen molar-refractivity contribution >= 4 is 27.3 Å². The fourth-order valence-corrected chi connectivity index (χ4v) is 4.47. The Morgan fingerprint density at radius 1 is 1.33 bits per heavy atom. The van der Waals surface area contributed by atoms with Gasteiger partial charge in [0.1, 0.15) is 15.7 Å². The van der Waals surface area contributed by atoms with Gasteiger partial charge in [-0.25, -0.2) is 22.2 Å². The molecule has 1 aliphatic carbocycles. The highest BCUT2D eigenvalue weighted by Gasteiger charge is 2.42. The van der Waals surface area contributed by atoms with Crippen molar-refractivity contribution in [1.29, 1.82) is 0 Å². The summed E-state index contributed by atoms with van der Waals surface area (Å²) in [5, 5.41) is -0.870. The molecule has 0 spiro atoms. The summed E-state index contributed by atoms with van der Waals surface area (Å²) in [4.78, 5) is 14.1. The van der Waals surface area contributed by atoms with Crippen LogP contribution in [0.25, 0.3) is 0 Å². The second-order valence-electron chi connectivity index (χ2n) is 5.75. The maximum atomic E-state index is 14.8. The van der Waals surface area contributed by atoms with Crippen molar-refractivity contribution in [3.05, 3.63) is 40.6 Å². The lowest BCUT2D eigenvalue weighted by molar-refractivity contribution is 0.0995. The Morgan fingerprint density at radius 2 is 2.00 bits per heavy atom. The van der Waals surface area contributed by atoms with Gasteiger partial charge in [-0.1, -0.05) is 11.6 Å². The van der Waals surface area contributed by atoms with Gasteiger partial charge in [0.05, 0.1) is 24.1 Å². The SMILES string of the molecule is COc1ncc(Oc2c(F)cc(C(N)=O)c(F)c2S(=O)(=O)C2CC2)cc1Cl. The third-order valence-electron chi connectivity index (χ3n) is 3.84. The van der Waals surface area contributed by atoms with Gasteiger partial charge in [0.2, 0.25) is 5.88 Å². The Bertz CT molecular complexity index is 1040. The Balaban J connectivity index is 2.18. The van der Waals surface area contributed by atoms with Crippen LogP contribution in [0.4, 0.5) is 8.78 Å². The number of ether oxygens (including phenoxy) is 2. The van der Waals surface area contributed by atoms with Gasteiger partial charge < -0.3 is 15.2 Å². The monoisotopic (exact) mass is 418 g/mol. The number of halogens is 3. The quantitative estimate of drug-likeness (QED) is 0.772. The third kappa shape index (κ3) is 3.54. The average molecular weight is 419 g/mol. The zero-order valence-corrected chi connectivity index (χ0v) is 15.4. The van der Waals surface area contributed by atoms with E-state index in [0.29, 0.717) is 18.9 Å². The smallest absolute Gasteiger partial charge is 0.251 e. The lowest BCUT2D eigenvalue weighted by Gasteiger charge is -2.15. The first kappa shape index (κ1) is 19.3. The number of aromatic nitrogens is 1. The van der Waals surface area contributed by atoms with Crippen LogP contribution in [0.1, 0.15) is 23.2 Å². The highest BCUT2D eigenvalue weighted by molar-refractivity contribution is 7.92. The molecule has 1 aromatic heterocycles. The summed E-state index contributed by atoms with van der Waals surface area (Å²) < 4.78 is 64.7. The Labute approximate surface area is 158 Å². The summed E-state index contributed by atoms with van der Waals surface area (Å²) in [5.41, 5.74) is 4.13. The molecule has 0 saturated heterocycles. The van der Waals surface area contributed by atoms with Crippen LogP contribution in [-0.4, -0.2) is 31.7 Å². The van der Waals surface area contributed by atoms with Gasteiger partial charge in [0.25, 0.3) is 5.91 Å². The van der Waals surface area contributed by atoms with Crippen LogP contribution in [0, 0.1) is 11.6 Å². The highest BCUT2D eigenvalue weighted by atomic mass is 35.5. The van der Waals surface area contributed by atoms with Crippen molar-refractivity contribution in [3.8, 4) is 17.4 Å². The van der Waals surface area contributed by atoms with Crippen LogP contribution in [-0.2, 0) is 9.84 Å². The van der Waals surface area contributed by atoms with Gasteiger partial charge in [0, 0.05) is 6.07 Å². The van der Waals surface area contributed by atoms with Crippen molar-refractivity contribution in [2.75, 3.05) is 7.11 Å². The molecule has 7 nitrogen and oxygen atoms in total. The number of methoxy groups -OCH3 is 1. The van der Waals surface area contributed by atoms with E-state index in [-0.39, 0.29) is 16.7 Å². The second-order valence-corrected chi connectivity index (χ2v) is 8.32. The van der Waals surface area contributed by atoms with Crippen LogP contribution in [0.2, 0.25) is 5.02 Å². The lowest BCUT2D eigenvalue weighted by atomic mass is 10.2. The van der Waals surface area contributed by atoms with E-state index in [9.17, 15) is 22.0 Å². The van der Waals surface area contributed by atoms with E-state index in [1.165, 1.54) is 13.2 Å². The molecule has 0 unspecified atom stereocenters. The number of nitrogens with two attached hydrogens (primary N) is 1. The minimum Gasteiger partial charge on any atom is -0.480 e. The molecule has 144 valence electrons. The Kier molecular flexibility index (Phi) is 4.96. The van der Waals surface area contributed by atoms with Crippen molar-refractivity contribution < 1.29 is 31.5 Å². The van der Waals surface area contributed by atoms with Crippen molar-refractivity contribution in [2.24, 2.45) is 5.73 Å². The molecule has 0 atom stereocenters. The largest absolute Gasteiger partial charge is 0.480 e. The summed E-state index contributed by atoms with van der Waals surface area (Å²) in [6.45, 7) is 0. The topological polar surface area (TPSA) is 109 Å². The maximum Gasteiger partial charge on any atom is 0.251 e. The molecular weight excluding hydrogens is 406 g/mol. The summed E-state index contributed by atoms with van der Waals surface area (Å²) in [6, 6.07) is 1.68. The van der Waals surface area contributed by atoms with E-state index in [0.717, 1.165) is 6.20 Å². The van der Waals surface area contributed by atoms with Crippen LogP contribution in [0.5, 0.6) is 17.4 Å². The van der Waals surface area contributed by atoms with Crippen molar-refractivity contribution in [3.63, 3.8) is 0 Å². The second kappa shape index (κ2) is 6.93. The zero-order chi connectivity index (χ0) is 19.9. The number of hydrogen-bond acceptors (Lipinski definition) is 6. The number of benzene rings is 1. The van der Waals surface area contributed by atoms with Gasteiger partial charge in [-0.2, -0.15) is 0 Å². The number of hydrogen-bond donors (Lipinski definition) is 1. The number of nitrogens with zero attached hydrogens (tertiary/aromatic N) is 1. The molecule has 1 aliphatic rings.